The molecule has 0 amide bonds. The molecule has 0 saturated heterocycles. The van der Waals surface area contributed by atoms with Crippen LogP contribution in [-0.4, -0.2) is 25.8 Å². The molecule has 1 heterocycles. The third-order valence-corrected chi connectivity index (χ3v) is 6.97. The van der Waals surface area contributed by atoms with Gasteiger partial charge < -0.3 is 9.47 Å². The maximum absolute atomic E-state index is 13.1. The Hall–Kier alpha value is -3.06. The second-order valence-corrected chi connectivity index (χ2v) is 9.00. The van der Waals surface area contributed by atoms with Gasteiger partial charge in [-0.05, 0) is 48.7 Å². The highest BCUT2D eigenvalue weighted by Gasteiger charge is 2.40. The van der Waals surface area contributed by atoms with E-state index in [1.165, 1.54) is 4.31 Å². The molecule has 0 spiro atoms. The van der Waals surface area contributed by atoms with Gasteiger partial charge >= 0.3 is 0 Å². The lowest BCUT2D eigenvalue weighted by Gasteiger charge is -2.25. The second-order valence-electron chi connectivity index (χ2n) is 6.86. The number of benzene rings is 2. The lowest BCUT2D eigenvalue weighted by Crippen LogP contribution is -2.33. The lowest BCUT2D eigenvalue weighted by atomic mass is 10.2. The van der Waals surface area contributed by atoms with E-state index in [9.17, 15) is 8.42 Å². The van der Waals surface area contributed by atoms with Crippen LogP contribution < -0.4 is 13.8 Å². The fourth-order valence-corrected chi connectivity index (χ4v) is 4.89. The highest BCUT2D eigenvalue weighted by molar-refractivity contribution is 7.93. The molecule has 1 aromatic heterocycles. The summed E-state index contributed by atoms with van der Waals surface area (Å²) in [6.07, 6.45) is 4.75. The predicted octanol–water partition coefficient (Wildman–Crippen LogP) is 4.38. The Bertz CT molecular complexity index is 1080. The summed E-state index contributed by atoms with van der Waals surface area (Å²) in [6.45, 7) is 0.227. The minimum atomic E-state index is -3.46. The van der Waals surface area contributed by atoms with Gasteiger partial charge in [-0.15, -0.1) is 0 Å². The molecule has 6 nitrogen and oxygen atoms in total. The van der Waals surface area contributed by atoms with Crippen molar-refractivity contribution in [3.63, 3.8) is 0 Å². The predicted molar refractivity (Wildman–Crippen MR) is 112 cm³/mol. The zero-order valence-electron chi connectivity index (χ0n) is 16.1. The van der Waals surface area contributed by atoms with Crippen LogP contribution in [0.15, 0.2) is 73.1 Å². The van der Waals surface area contributed by atoms with Crippen LogP contribution >= 0.6 is 0 Å². The summed E-state index contributed by atoms with van der Waals surface area (Å²) < 4.78 is 39.0. The molecule has 0 bridgehead atoms. The average molecular weight is 410 g/mol. The Morgan fingerprint density at radius 2 is 1.83 bits per heavy atom. The van der Waals surface area contributed by atoms with Gasteiger partial charge in [0.2, 0.25) is 10.0 Å². The molecule has 3 aromatic rings. The third kappa shape index (κ3) is 4.35. The zero-order chi connectivity index (χ0) is 20.3. The molecule has 0 unspecified atom stereocenters. The molecule has 0 N–H and O–H groups in total. The van der Waals surface area contributed by atoms with E-state index < -0.39 is 10.0 Å². The molecule has 150 valence electrons. The maximum atomic E-state index is 13.1. The molecule has 2 aromatic carbocycles. The van der Waals surface area contributed by atoms with Gasteiger partial charge in [0.05, 0.1) is 24.6 Å². The van der Waals surface area contributed by atoms with Crippen LogP contribution in [0, 0.1) is 0 Å². The zero-order valence-corrected chi connectivity index (χ0v) is 16.9. The Morgan fingerprint density at radius 1 is 1.03 bits per heavy atom. The van der Waals surface area contributed by atoms with Gasteiger partial charge in [0.1, 0.15) is 5.75 Å². The molecule has 0 atom stereocenters. The maximum Gasteiger partial charge on any atom is 0.238 e. The molecule has 1 aliphatic rings. The Kier molecular flexibility index (Phi) is 5.40. The Balaban J connectivity index is 1.67. The number of ether oxygens (including phenoxy) is 2. The average Bonchev–Trinajstić information content (AvgIpc) is 3.59. The molecular weight excluding hydrogens is 388 g/mol. The van der Waals surface area contributed by atoms with Gasteiger partial charge in [-0.1, -0.05) is 24.3 Å². The van der Waals surface area contributed by atoms with Gasteiger partial charge in [0.15, 0.2) is 11.5 Å². The summed E-state index contributed by atoms with van der Waals surface area (Å²) in [5, 5.41) is -0.321. The summed E-state index contributed by atoms with van der Waals surface area (Å²) in [5.41, 5.74) is 1.39. The molecule has 1 saturated carbocycles. The molecular formula is C22H22N2O4S. The van der Waals surface area contributed by atoms with Crippen molar-refractivity contribution >= 4 is 15.7 Å². The first-order chi connectivity index (χ1) is 14.1. The van der Waals surface area contributed by atoms with E-state index in [0.717, 1.165) is 5.56 Å². The first-order valence-corrected chi connectivity index (χ1v) is 10.9. The molecule has 7 heteroatoms. The van der Waals surface area contributed by atoms with Crippen LogP contribution in [0.3, 0.4) is 0 Å². The van der Waals surface area contributed by atoms with Crippen LogP contribution in [0.2, 0.25) is 0 Å². The number of para-hydroxylation sites is 2. The minimum absolute atomic E-state index is 0.227. The third-order valence-electron chi connectivity index (χ3n) is 4.70. The second kappa shape index (κ2) is 8.13. The van der Waals surface area contributed by atoms with Crippen molar-refractivity contribution in [2.45, 2.75) is 24.6 Å². The van der Waals surface area contributed by atoms with Gasteiger partial charge in [-0.25, -0.2) is 8.42 Å². The quantitative estimate of drug-likeness (QED) is 0.551. The van der Waals surface area contributed by atoms with Gasteiger partial charge in [0, 0.05) is 18.5 Å². The first-order valence-electron chi connectivity index (χ1n) is 9.39. The van der Waals surface area contributed by atoms with Crippen molar-refractivity contribution in [2.75, 3.05) is 11.4 Å². The number of rotatable bonds is 8. The Morgan fingerprint density at radius 3 is 2.52 bits per heavy atom. The van der Waals surface area contributed by atoms with Crippen LogP contribution in [0.4, 0.5) is 5.69 Å². The molecule has 29 heavy (non-hydrogen) atoms. The summed E-state index contributed by atoms with van der Waals surface area (Å²) in [7, 11) is -1.88. The van der Waals surface area contributed by atoms with Crippen LogP contribution in [-0.2, 0) is 16.6 Å². The monoisotopic (exact) mass is 410 g/mol. The summed E-state index contributed by atoms with van der Waals surface area (Å²) in [6, 6.07) is 18.1. The topological polar surface area (TPSA) is 68.7 Å². The largest absolute Gasteiger partial charge is 0.493 e. The van der Waals surface area contributed by atoms with Crippen LogP contribution in [0.25, 0.3) is 0 Å². The highest BCUT2D eigenvalue weighted by Crippen LogP contribution is 2.37. The van der Waals surface area contributed by atoms with Crippen LogP contribution in [0.5, 0.6) is 17.2 Å². The number of sulfonamides is 1. The van der Waals surface area contributed by atoms with Crippen molar-refractivity contribution < 1.29 is 17.9 Å². The molecule has 0 radical (unpaired) electrons. The van der Waals surface area contributed by atoms with E-state index in [4.69, 9.17) is 9.47 Å². The minimum Gasteiger partial charge on any atom is -0.493 e. The van der Waals surface area contributed by atoms with Crippen molar-refractivity contribution in [1.29, 1.82) is 0 Å². The molecule has 4 rings (SSSR count). The number of anilines is 1. The van der Waals surface area contributed by atoms with E-state index in [2.05, 4.69) is 4.98 Å². The van der Waals surface area contributed by atoms with Crippen LogP contribution in [0.1, 0.15) is 18.4 Å². The van der Waals surface area contributed by atoms with Gasteiger partial charge in [-0.3, -0.25) is 9.29 Å². The number of hydrogen-bond donors (Lipinski definition) is 0. The summed E-state index contributed by atoms with van der Waals surface area (Å²) in [4.78, 5) is 4.11. The number of nitrogens with zero attached hydrogens (tertiary/aromatic N) is 2. The van der Waals surface area contributed by atoms with E-state index in [1.807, 2.05) is 24.3 Å². The fourth-order valence-electron chi connectivity index (χ4n) is 3.06. The number of pyridine rings is 1. The first kappa shape index (κ1) is 19.3. The van der Waals surface area contributed by atoms with Gasteiger partial charge in [-0.2, -0.15) is 0 Å². The summed E-state index contributed by atoms with van der Waals surface area (Å²) >= 11 is 0. The highest BCUT2D eigenvalue weighted by atomic mass is 32.2. The smallest absolute Gasteiger partial charge is 0.238 e. The van der Waals surface area contributed by atoms with E-state index in [-0.39, 0.29) is 11.8 Å². The Labute approximate surface area is 170 Å². The van der Waals surface area contributed by atoms with E-state index in [1.54, 1.807) is 55.9 Å². The SMILES string of the molecule is COc1ccccc1Oc1cccc(N(Cc2cccnc2)S(=O)(=O)C2CC2)c1. The number of aromatic nitrogens is 1. The number of hydrogen-bond acceptors (Lipinski definition) is 5. The van der Waals surface area contributed by atoms with Crippen molar-refractivity contribution in [3.8, 4) is 17.2 Å². The van der Waals surface area contributed by atoms with Crippen molar-refractivity contribution in [2.24, 2.45) is 0 Å². The van der Waals surface area contributed by atoms with E-state index >= 15 is 0 Å². The molecule has 0 aliphatic heterocycles. The summed E-state index contributed by atoms with van der Waals surface area (Å²) in [5.74, 6) is 1.71. The van der Waals surface area contributed by atoms with Crippen molar-refractivity contribution in [1.82, 2.24) is 4.98 Å². The van der Waals surface area contributed by atoms with E-state index in [0.29, 0.717) is 35.8 Å². The molecule has 1 aliphatic carbocycles. The van der Waals surface area contributed by atoms with Gasteiger partial charge in [0.25, 0.3) is 0 Å². The number of methoxy groups -OCH3 is 1. The standard InChI is InChI=1S/C22H22N2O4S/c1-27-21-9-2-3-10-22(21)28-19-8-4-7-18(14-19)24(29(25,26)20-11-12-20)16-17-6-5-13-23-15-17/h2-10,13-15,20H,11-12,16H2,1H3. The van der Waals surface area contributed by atoms with Crippen molar-refractivity contribution in [3.05, 3.63) is 78.6 Å². The fraction of sp³-hybridized carbons (Fsp3) is 0.227. The normalized spacial score (nSPS) is 13.7. The molecule has 1 fully saturated rings. The lowest BCUT2D eigenvalue weighted by molar-refractivity contribution is 0.379.